The monoisotopic (exact) mass is 294 g/mol. The fraction of sp³-hybridized carbons (Fsp3) is 0.500. The third-order valence-electron chi connectivity index (χ3n) is 2.20. The van der Waals surface area contributed by atoms with Crippen molar-refractivity contribution in [1.82, 2.24) is 0 Å². The van der Waals surface area contributed by atoms with Crippen LogP contribution in [0.25, 0.3) is 0 Å². The van der Waals surface area contributed by atoms with Gasteiger partial charge in [0, 0.05) is 0 Å². The van der Waals surface area contributed by atoms with Crippen LogP contribution in [0.1, 0.15) is 18.9 Å². The predicted octanol–water partition coefficient (Wildman–Crippen LogP) is 3.49. The molecule has 0 amide bonds. The van der Waals surface area contributed by atoms with E-state index in [1.807, 2.05) is 18.2 Å². The maximum atomic E-state index is 11.5. The first kappa shape index (κ1) is 15.0. The van der Waals surface area contributed by atoms with Gasteiger partial charge in [-0.3, -0.25) is 4.18 Å². The molecule has 0 aliphatic rings. The average molecular weight is 295 g/mol. The molecule has 96 valence electrons. The van der Waals surface area contributed by atoms with Gasteiger partial charge in [-0.25, -0.2) is 4.21 Å². The maximum absolute atomic E-state index is 11.5. The van der Waals surface area contributed by atoms with Gasteiger partial charge in [-0.2, -0.15) is 0 Å². The number of hydrogen-bond acceptors (Lipinski definition) is 2. The molecule has 5 heteroatoms. The molecular formula is C12H16Cl2O2S. The van der Waals surface area contributed by atoms with Gasteiger partial charge in [0.05, 0.1) is 12.0 Å². The lowest BCUT2D eigenvalue weighted by Gasteiger charge is -2.10. The highest BCUT2D eigenvalue weighted by molar-refractivity contribution is 7.82. The van der Waals surface area contributed by atoms with Crippen LogP contribution >= 0.6 is 23.2 Å². The molecule has 17 heavy (non-hydrogen) atoms. The molecule has 3 unspecified atom stereocenters. The van der Waals surface area contributed by atoms with Gasteiger partial charge in [0.1, 0.15) is 0 Å². The SMILES string of the molecule is CC(Cl)C(Cl)S(=O)OCCCc1ccccc1. The van der Waals surface area contributed by atoms with E-state index in [2.05, 4.69) is 12.1 Å². The number of aryl methyl sites for hydroxylation is 1. The van der Waals surface area contributed by atoms with Crippen molar-refractivity contribution in [1.29, 1.82) is 0 Å². The molecule has 3 atom stereocenters. The molecule has 0 aliphatic heterocycles. The van der Waals surface area contributed by atoms with Gasteiger partial charge in [0.15, 0.2) is 15.8 Å². The topological polar surface area (TPSA) is 26.3 Å². The van der Waals surface area contributed by atoms with E-state index in [1.165, 1.54) is 5.56 Å². The molecule has 0 aromatic heterocycles. The van der Waals surface area contributed by atoms with E-state index in [0.29, 0.717) is 6.61 Å². The summed E-state index contributed by atoms with van der Waals surface area (Å²) in [6.45, 7) is 2.12. The van der Waals surface area contributed by atoms with E-state index in [0.717, 1.165) is 12.8 Å². The summed E-state index contributed by atoms with van der Waals surface area (Å²) in [4.78, 5) is 0. The molecule has 0 bridgehead atoms. The van der Waals surface area contributed by atoms with Crippen LogP contribution in [0, 0.1) is 0 Å². The summed E-state index contributed by atoms with van der Waals surface area (Å²) < 4.78 is 16.0. The fourth-order valence-electron chi connectivity index (χ4n) is 1.28. The van der Waals surface area contributed by atoms with Gasteiger partial charge in [0.25, 0.3) is 0 Å². The minimum absolute atomic E-state index is 0.369. The van der Waals surface area contributed by atoms with E-state index < -0.39 is 15.8 Å². The second-order valence-electron chi connectivity index (χ2n) is 3.70. The Labute approximate surface area is 115 Å². The molecule has 1 aromatic rings. The van der Waals surface area contributed by atoms with Gasteiger partial charge >= 0.3 is 0 Å². The Kier molecular flexibility index (Phi) is 7.12. The van der Waals surface area contributed by atoms with Crippen LogP contribution in [-0.2, 0) is 21.7 Å². The summed E-state index contributed by atoms with van der Waals surface area (Å²) in [6.07, 6.45) is 1.72. The standard InChI is InChI=1S/C12H16Cl2O2S/c1-10(13)12(14)17(15)16-9-5-8-11-6-3-2-4-7-11/h2-4,6-7,10,12H,5,8-9H2,1H3. The summed E-state index contributed by atoms with van der Waals surface area (Å²) >= 11 is 10.0. The zero-order valence-corrected chi connectivity index (χ0v) is 12.0. The molecular weight excluding hydrogens is 279 g/mol. The highest BCUT2D eigenvalue weighted by Crippen LogP contribution is 2.14. The third-order valence-corrected chi connectivity index (χ3v) is 4.72. The third kappa shape index (κ3) is 5.87. The van der Waals surface area contributed by atoms with Crippen LogP contribution < -0.4 is 0 Å². The minimum Gasteiger partial charge on any atom is -0.289 e. The Morgan fingerprint density at radius 2 is 1.94 bits per heavy atom. The Bertz CT molecular complexity index is 344. The van der Waals surface area contributed by atoms with E-state index in [9.17, 15) is 4.21 Å². The van der Waals surface area contributed by atoms with Crippen molar-refractivity contribution >= 4 is 34.3 Å². The largest absolute Gasteiger partial charge is 0.289 e. The van der Waals surface area contributed by atoms with E-state index in [4.69, 9.17) is 27.4 Å². The second-order valence-corrected chi connectivity index (χ2v) is 6.38. The minimum atomic E-state index is -1.52. The zero-order valence-electron chi connectivity index (χ0n) is 9.64. The van der Waals surface area contributed by atoms with Crippen molar-refractivity contribution in [2.75, 3.05) is 6.61 Å². The smallest absolute Gasteiger partial charge is 0.175 e. The Balaban J connectivity index is 2.18. The van der Waals surface area contributed by atoms with Gasteiger partial charge in [-0.1, -0.05) is 30.3 Å². The summed E-state index contributed by atoms with van der Waals surface area (Å²) in [5.41, 5.74) is 1.25. The highest BCUT2D eigenvalue weighted by atomic mass is 35.5. The van der Waals surface area contributed by atoms with E-state index in [-0.39, 0.29) is 5.38 Å². The van der Waals surface area contributed by atoms with Crippen molar-refractivity contribution < 1.29 is 8.39 Å². The normalized spacial score (nSPS) is 16.4. The van der Waals surface area contributed by atoms with Crippen molar-refractivity contribution in [3.8, 4) is 0 Å². The molecule has 1 aromatic carbocycles. The van der Waals surface area contributed by atoms with Crippen LogP contribution in [0.2, 0.25) is 0 Å². The lowest BCUT2D eigenvalue weighted by molar-refractivity contribution is 0.338. The zero-order chi connectivity index (χ0) is 12.7. The highest BCUT2D eigenvalue weighted by Gasteiger charge is 2.19. The molecule has 0 saturated carbocycles. The van der Waals surface area contributed by atoms with Gasteiger partial charge in [0.2, 0.25) is 0 Å². The molecule has 0 spiro atoms. The van der Waals surface area contributed by atoms with E-state index >= 15 is 0 Å². The maximum Gasteiger partial charge on any atom is 0.175 e. The van der Waals surface area contributed by atoms with Crippen LogP contribution in [0.3, 0.4) is 0 Å². The molecule has 0 heterocycles. The molecule has 0 aliphatic carbocycles. The molecule has 0 radical (unpaired) electrons. The predicted molar refractivity (Wildman–Crippen MR) is 73.8 cm³/mol. The molecule has 1 rings (SSSR count). The Hall–Kier alpha value is -0.0900. The van der Waals surface area contributed by atoms with Crippen LogP contribution in [0.15, 0.2) is 30.3 Å². The van der Waals surface area contributed by atoms with Crippen molar-refractivity contribution in [3.63, 3.8) is 0 Å². The van der Waals surface area contributed by atoms with E-state index in [1.54, 1.807) is 6.92 Å². The number of rotatable bonds is 7. The van der Waals surface area contributed by atoms with Crippen molar-refractivity contribution in [2.24, 2.45) is 0 Å². The van der Waals surface area contributed by atoms with Gasteiger partial charge in [-0.15, -0.1) is 23.2 Å². The second kappa shape index (κ2) is 8.09. The van der Waals surface area contributed by atoms with Crippen LogP contribution in [0.4, 0.5) is 0 Å². The fourth-order valence-corrected chi connectivity index (χ4v) is 2.40. The van der Waals surface area contributed by atoms with Crippen LogP contribution in [-0.4, -0.2) is 20.9 Å². The first-order chi connectivity index (χ1) is 8.11. The number of alkyl halides is 2. The van der Waals surface area contributed by atoms with Gasteiger partial charge in [-0.05, 0) is 25.3 Å². The Morgan fingerprint density at radius 1 is 1.29 bits per heavy atom. The lowest BCUT2D eigenvalue weighted by Crippen LogP contribution is -2.19. The first-order valence-electron chi connectivity index (χ1n) is 5.47. The first-order valence-corrected chi connectivity index (χ1v) is 7.48. The van der Waals surface area contributed by atoms with Gasteiger partial charge < -0.3 is 0 Å². The molecule has 0 saturated heterocycles. The average Bonchev–Trinajstić information content (AvgIpc) is 2.34. The Morgan fingerprint density at radius 3 is 2.53 bits per heavy atom. The lowest BCUT2D eigenvalue weighted by atomic mass is 10.1. The summed E-state index contributed by atoms with van der Waals surface area (Å²) in [6, 6.07) is 10.1. The quantitative estimate of drug-likeness (QED) is 0.568. The van der Waals surface area contributed by atoms with Crippen molar-refractivity contribution in [3.05, 3.63) is 35.9 Å². The number of halogens is 2. The number of hydrogen-bond donors (Lipinski definition) is 0. The number of benzene rings is 1. The summed E-state index contributed by atoms with van der Waals surface area (Å²) in [5, 5.41) is -0.369. The van der Waals surface area contributed by atoms with Crippen LogP contribution in [0.5, 0.6) is 0 Å². The molecule has 2 nitrogen and oxygen atoms in total. The molecule has 0 fully saturated rings. The summed E-state index contributed by atoms with van der Waals surface area (Å²) in [5.74, 6) is 0. The van der Waals surface area contributed by atoms with Crippen molar-refractivity contribution in [2.45, 2.75) is 29.9 Å². The summed E-state index contributed by atoms with van der Waals surface area (Å²) in [7, 11) is 0. The molecule has 0 N–H and O–H groups in total.